The van der Waals surface area contributed by atoms with E-state index >= 15 is 0 Å². The van der Waals surface area contributed by atoms with Gasteiger partial charge in [0.2, 0.25) is 5.43 Å². The number of nitriles is 1. The standard InChI is InChI=1S/C12H11N3O.Cl3OP/c1-6-7(2)10-11(15-8(6)3)12(16)9(4-13)5-14-10;1-5(2,3)4/h5H,1-3H3,(H,14,16);. The highest BCUT2D eigenvalue weighted by atomic mass is 36.0. The molecule has 5 nitrogen and oxygen atoms in total. The molecule has 2 aromatic rings. The lowest BCUT2D eigenvalue weighted by Crippen LogP contribution is -2.11. The number of aromatic amines is 1. The summed E-state index contributed by atoms with van der Waals surface area (Å²) in [6.07, 6.45) is 1.44. The SMILES string of the molecule is Cc1nc2c(=O)c(C#N)c[nH]c2c(C)c1C.O=P(Cl)(Cl)Cl. The quantitative estimate of drug-likeness (QED) is 0.694. The first-order chi connectivity index (χ1) is 9.56. The van der Waals surface area contributed by atoms with E-state index < -0.39 is 5.20 Å². The largest absolute Gasteiger partial charge is 0.358 e. The number of nitrogens with zero attached hydrogens (tertiary/aromatic N) is 2. The van der Waals surface area contributed by atoms with Crippen molar-refractivity contribution >= 4 is 50.0 Å². The fourth-order valence-corrected chi connectivity index (χ4v) is 1.71. The molecule has 0 saturated carbocycles. The summed E-state index contributed by atoms with van der Waals surface area (Å²) in [5.74, 6) is 0. The number of fused-ring (bicyclic) bond motifs is 1. The minimum atomic E-state index is -3.22. The van der Waals surface area contributed by atoms with Crippen LogP contribution in [0.4, 0.5) is 0 Å². The van der Waals surface area contributed by atoms with E-state index in [-0.39, 0.29) is 11.0 Å². The number of aromatic nitrogens is 2. The molecule has 2 heterocycles. The molecule has 1 N–H and O–H groups in total. The summed E-state index contributed by atoms with van der Waals surface area (Å²) in [5, 5.41) is 5.55. The molecule has 9 heteroatoms. The van der Waals surface area contributed by atoms with E-state index in [2.05, 4.69) is 43.7 Å². The molecule has 0 amide bonds. The third-order valence-corrected chi connectivity index (χ3v) is 2.94. The summed E-state index contributed by atoms with van der Waals surface area (Å²) in [5.41, 5.74) is 3.75. The first kappa shape index (κ1) is 18.0. The third-order valence-electron chi connectivity index (χ3n) is 2.94. The Bertz CT molecular complexity index is 828. The van der Waals surface area contributed by atoms with Crippen LogP contribution in [-0.4, -0.2) is 9.97 Å². The fraction of sp³-hybridized carbons (Fsp3) is 0.250. The second kappa shape index (κ2) is 6.81. The zero-order chi connectivity index (χ0) is 16.4. The van der Waals surface area contributed by atoms with E-state index in [1.807, 2.05) is 26.8 Å². The van der Waals surface area contributed by atoms with Crippen molar-refractivity contribution in [2.24, 2.45) is 0 Å². The molecule has 0 saturated heterocycles. The average molecular weight is 367 g/mol. The molecule has 0 aromatic carbocycles. The highest BCUT2D eigenvalue weighted by molar-refractivity contribution is 8.24. The van der Waals surface area contributed by atoms with Gasteiger partial charge in [0.05, 0.1) is 5.52 Å². The van der Waals surface area contributed by atoms with Crippen molar-refractivity contribution < 1.29 is 4.57 Å². The smallest absolute Gasteiger partial charge is 0.339 e. The number of pyridine rings is 2. The Morgan fingerprint density at radius 1 is 1.24 bits per heavy atom. The molecule has 2 rings (SSSR count). The van der Waals surface area contributed by atoms with Crippen LogP contribution in [0, 0.1) is 32.1 Å². The van der Waals surface area contributed by atoms with Crippen molar-refractivity contribution in [1.29, 1.82) is 5.26 Å². The molecule has 112 valence electrons. The summed E-state index contributed by atoms with van der Waals surface area (Å²) in [6, 6.07) is 1.86. The van der Waals surface area contributed by atoms with Crippen molar-refractivity contribution in [2.45, 2.75) is 20.8 Å². The van der Waals surface area contributed by atoms with Crippen molar-refractivity contribution in [3.05, 3.63) is 38.8 Å². The Morgan fingerprint density at radius 3 is 2.24 bits per heavy atom. The molecule has 0 aliphatic heterocycles. The maximum absolute atomic E-state index is 11.9. The zero-order valence-corrected chi connectivity index (χ0v) is 14.5. The molecule has 0 spiro atoms. The summed E-state index contributed by atoms with van der Waals surface area (Å²) >= 11 is 13.8. The summed E-state index contributed by atoms with van der Waals surface area (Å²) < 4.78 is 9.51. The number of H-pyrrole nitrogens is 1. The lowest BCUT2D eigenvalue weighted by atomic mass is 10.1. The Kier molecular flexibility index (Phi) is 5.83. The molecular weight excluding hydrogens is 355 g/mol. The van der Waals surface area contributed by atoms with Crippen LogP contribution < -0.4 is 5.43 Å². The van der Waals surface area contributed by atoms with Gasteiger partial charge in [0, 0.05) is 11.9 Å². The number of nitrogens with one attached hydrogen (secondary N) is 1. The minimum absolute atomic E-state index is 0.0997. The van der Waals surface area contributed by atoms with Crippen LogP contribution in [0.25, 0.3) is 11.0 Å². The van der Waals surface area contributed by atoms with Crippen LogP contribution in [0.3, 0.4) is 0 Å². The van der Waals surface area contributed by atoms with Crippen molar-refractivity contribution in [3.63, 3.8) is 0 Å². The maximum Gasteiger partial charge on any atom is 0.339 e. The molecule has 0 radical (unpaired) electrons. The van der Waals surface area contributed by atoms with Crippen LogP contribution in [0.15, 0.2) is 11.0 Å². The molecule has 0 aliphatic carbocycles. The minimum Gasteiger partial charge on any atom is -0.358 e. The summed E-state index contributed by atoms with van der Waals surface area (Å²) in [6.45, 7) is 5.77. The topological polar surface area (TPSA) is 86.6 Å². The highest BCUT2D eigenvalue weighted by Gasteiger charge is 2.11. The van der Waals surface area contributed by atoms with Gasteiger partial charge in [-0.25, -0.2) is 4.98 Å². The molecule has 0 fully saturated rings. The van der Waals surface area contributed by atoms with Gasteiger partial charge in [0.15, 0.2) is 0 Å². The summed E-state index contributed by atoms with van der Waals surface area (Å²) in [4.78, 5) is 19.1. The van der Waals surface area contributed by atoms with E-state index in [0.29, 0.717) is 11.0 Å². The van der Waals surface area contributed by atoms with Crippen LogP contribution >= 0.6 is 38.9 Å². The molecule has 0 aliphatic rings. The van der Waals surface area contributed by atoms with Gasteiger partial charge < -0.3 is 4.98 Å². The van der Waals surface area contributed by atoms with Crippen LogP contribution in [0.1, 0.15) is 22.4 Å². The monoisotopic (exact) mass is 365 g/mol. The van der Waals surface area contributed by atoms with Crippen LogP contribution in [0.2, 0.25) is 0 Å². The Morgan fingerprint density at radius 2 is 1.76 bits per heavy atom. The molecule has 0 atom stereocenters. The Labute approximate surface area is 135 Å². The molecule has 2 aromatic heterocycles. The van der Waals surface area contributed by atoms with Crippen LogP contribution in [-0.2, 0) is 4.57 Å². The number of halogens is 3. The Hall–Kier alpha value is -1.05. The lowest BCUT2D eigenvalue weighted by molar-refractivity contribution is 0.600. The van der Waals surface area contributed by atoms with E-state index in [4.69, 9.17) is 5.26 Å². The number of hydrogen-bond donors (Lipinski definition) is 1. The van der Waals surface area contributed by atoms with E-state index in [1.165, 1.54) is 6.20 Å². The first-order valence-corrected chi connectivity index (χ1v) is 10.1. The highest BCUT2D eigenvalue weighted by Crippen LogP contribution is 2.61. The maximum atomic E-state index is 11.9. The first-order valence-electron chi connectivity index (χ1n) is 5.64. The average Bonchev–Trinajstić information content (AvgIpc) is 2.36. The molecule has 21 heavy (non-hydrogen) atoms. The zero-order valence-electron chi connectivity index (χ0n) is 11.4. The van der Waals surface area contributed by atoms with Crippen molar-refractivity contribution in [1.82, 2.24) is 9.97 Å². The van der Waals surface area contributed by atoms with Gasteiger partial charge >= 0.3 is 5.20 Å². The predicted molar refractivity (Wildman–Crippen MR) is 86.5 cm³/mol. The second-order valence-corrected chi connectivity index (χ2v) is 10.9. The Balaban J connectivity index is 0.000000383. The van der Waals surface area contributed by atoms with Crippen LogP contribution in [0.5, 0.6) is 0 Å². The number of rotatable bonds is 0. The van der Waals surface area contributed by atoms with Gasteiger partial charge in [0.25, 0.3) is 0 Å². The predicted octanol–water partition coefficient (Wildman–Crippen LogP) is 4.53. The van der Waals surface area contributed by atoms with Gasteiger partial charge in [0.1, 0.15) is 17.1 Å². The second-order valence-electron chi connectivity index (χ2n) is 4.21. The normalized spacial score (nSPS) is 10.7. The number of aryl methyl sites for hydroxylation is 2. The van der Waals surface area contributed by atoms with Gasteiger partial charge in [-0.1, -0.05) is 0 Å². The van der Waals surface area contributed by atoms with E-state index in [0.717, 1.165) is 16.8 Å². The van der Waals surface area contributed by atoms with Crippen molar-refractivity contribution in [2.75, 3.05) is 0 Å². The fourth-order valence-electron chi connectivity index (χ4n) is 1.71. The van der Waals surface area contributed by atoms with Gasteiger partial charge in [-0.3, -0.25) is 9.36 Å². The molecular formula is C12H11Cl3N3O2P. The third kappa shape index (κ3) is 4.72. The summed E-state index contributed by atoms with van der Waals surface area (Å²) in [7, 11) is 0. The molecule has 0 bridgehead atoms. The lowest BCUT2D eigenvalue weighted by Gasteiger charge is -2.07. The van der Waals surface area contributed by atoms with E-state index in [9.17, 15) is 9.36 Å². The van der Waals surface area contributed by atoms with Gasteiger partial charge in [-0.2, -0.15) is 5.26 Å². The van der Waals surface area contributed by atoms with Gasteiger partial charge in [-0.05, 0) is 65.6 Å². The number of hydrogen-bond acceptors (Lipinski definition) is 4. The van der Waals surface area contributed by atoms with E-state index in [1.54, 1.807) is 0 Å². The molecule has 0 unspecified atom stereocenters. The van der Waals surface area contributed by atoms with Gasteiger partial charge in [-0.15, -0.1) is 0 Å². The van der Waals surface area contributed by atoms with Crippen molar-refractivity contribution in [3.8, 4) is 6.07 Å².